The van der Waals surface area contributed by atoms with Gasteiger partial charge in [-0.15, -0.1) is 0 Å². The van der Waals surface area contributed by atoms with Crippen molar-refractivity contribution in [3.8, 4) is 5.75 Å². The number of hydrogen-bond donors (Lipinski definition) is 1. The molecule has 2 aromatic carbocycles. The summed E-state index contributed by atoms with van der Waals surface area (Å²) < 4.78 is 19.1. The van der Waals surface area contributed by atoms with Crippen molar-refractivity contribution >= 4 is 5.78 Å². The predicted molar refractivity (Wildman–Crippen MR) is 91.8 cm³/mol. The maximum absolute atomic E-state index is 13.1. The molecular weight excluding hydrogens is 305 g/mol. The van der Waals surface area contributed by atoms with Crippen LogP contribution in [0.4, 0.5) is 4.39 Å². The molecule has 3 nitrogen and oxygen atoms in total. The van der Waals surface area contributed by atoms with Gasteiger partial charge < -0.3 is 10.1 Å². The first kappa shape index (κ1) is 16.7. The van der Waals surface area contributed by atoms with Crippen LogP contribution in [0.15, 0.2) is 54.6 Å². The van der Waals surface area contributed by atoms with Crippen molar-refractivity contribution < 1.29 is 13.9 Å². The summed E-state index contributed by atoms with van der Waals surface area (Å²) in [5.74, 6) is 0.112. The molecule has 1 aliphatic heterocycles. The second kappa shape index (κ2) is 6.73. The number of ketones is 1. The first-order chi connectivity index (χ1) is 11.4. The number of Topliss-reactive ketones (excluding diaryl/α,β-unsaturated/α-hetero) is 1. The maximum atomic E-state index is 13.1. The molecule has 126 valence electrons. The van der Waals surface area contributed by atoms with Gasteiger partial charge in [-0.05, 0) is 51.0 Å². The lowest BCUT2D eigenvalue weighted by molar-refractivity contribution is 0.0726. The molecule has 0 aromatic heterocycles. The van der Waals surface area contributed by atoms with Gasteiger partial charge in [0.1, 0.15) is 11.6 Å². The lowest BCUT2D eigenvalue weighted by Crippen LogP contribution is -2.49. The molecule has 0 aliphatic carbocycles. The number of rotatable bonds is 5. The molecule has 2 atom stereocenters. The SMILES string of the molecule is CC1(C)CCC(C(Oc2ccc(F)cc2)C(=O)c2ccccc2)N1. The highest BCUT2D eigenvalue weighted by atomic mass is 19.1. The molecule has 1 heterocycles. The minimum absolute atomic E-state index is 0.0218. The fourth-order valence-electron chi connectivity index (χ4n) is 3.13. The number of benzene rings is 2. The average Bonchev–Trinajstić information content (AvgIpc) is 2.94. The van der Waals surface area contributed by atoms with Crippen LogP contribution in [0, 0.1) is 5.82 Å². The van der Waals surface area contributed by atoms with Crippen molar-refractivity contribution in [2.24, 2.45) is 0 Å². The van der Waals surface area contributed by atoms with E-state index in [0.29, 0.717) is 11.3 Å². The molecule has 2 aromatic rings. The third-order valence-electron chi connectivity index (χ3n) is 4.42. The molecule has 0 amide bonds. The highest BCUT2D eigenvalue weighted by Crippen LogP contribution is 2.27. The molecule has 2 unspecified atom stereocenters. The smallest absolute Gasteiger partial charge is 0.204 e. The van der Waals surface area contributed by atoms with Crippen LogP contribution in [0.3, 0.4) is 0 Å². The maximum Gasteiger partial charge on any atom is 0.204 e. The summed E-state index contributed by atoms with van der Waals surface area (Å²) >= 11 is 0. The zero-order valence-electron chi connectivity index (χ0n) is 14.0. The zero-order chi connectivity index (χ0) is 17.2. The number of carbonyl (C=O) groups excluding carboxylic acids is 1. The summed E-state index contributed by atoms with van der Waals surface area (Å²) in [4.78, 5) is 13.0. The number of ether oxygens (including phenoxy) is 1. The molecule has 3 rings (SSSR count). The molecule has 0 bridgehead atoms. The Labute approximate surface area is 141 Å². The third kappa shape index (κ3) is 3.82. The normalized spacial score (nSPS) is 20.5. The van der Waals surface area contributed by atoms with Gasteiger partial charge in [0.15, 0.2) is 6.10 Å². The van der Waals surface area contributed by atoms with Gasteiger partial charge in [-0.25, -0.2) is 4.39 Å². The van der Waals surface area contributed by atoms with Crippen molar-refractivity contribution in [3.05, 3.63) is 66.0 Å². The highest BCUT2D eigenvalue weighted by Gasteiger charge is 2.39. The van der Waals surface area contributed by atoms with E-state index in [4.69, 9.17) is 4.74 Å². The summed E-state index contributed by atoms with van der Waals surface area (Å²) in [6.07, 6.45) is 1.19. The van der Waals surface area contributed by atoms with Gasteiger partial charge in [0.25, 0.3) is 0 Å². The van der Waals surface area contributed by atoms with E-state index in [-0.39, 0.29) is 23.2 Å². The van der Waals surface area contributed by atoms with E-state index >= 15 is 0 Å². The summed E-state index contributed by atoms with van der Waals surface area (Å²) in [7, 11) is 0. The quantitative estimate of drug-likeness (QED) is 0.844. The summed E-state index contributed by atoms with van der Waals surface area (Å²) in [6.45, 7) is 4.24. The van der Waals surface area contributed by atoms with E-state index in [1.54, 1.807) is 24.3 Å². The Balaban J connectivity index is 1.86. The standard InChI is InChI=1S/C20H22FNO2/c1-20(2)13-12-17(22-20)19(18(23)14-6-4-3-5-7-14)24-16-10-8-15(21)9-11-16/h3-11,17,19,22H,12-13H2,1-2H3. The first-order valence-electron chi connectivity index (χ1n) is 8.24. The Hall–Kier alpha value is -2.20. The van der Waals surface area contributed by atoms with Gasteiger partial charge in [-0.3, -0.25) is 4.79 Å². The van der Waals surface area contributed by atoms with Crippen molar-refractivity contribution in [1.82, 2.24) is 5.32 Å². The Morgan fingerprint density at radius 2 is 1.83 bits per heavy atom. The minimum Gasteiger partial charge on any atom is -0.481 e. The van der Waals surface area contributed by atoms with E-state index in [2.05, 4.69) is 19.2 Å². The van der Waals surface area contributed by atoms with Crippen LogP contribution >= 0.6 is 0 Å². The van der Waals surface area contributed by atoms with Crippen molar-refractivity contribution in [3.63, 3.8) is 0 Å². The zero-order valence-corrected chi connectivity index (χ0v) is 14.0. The van der Waals surface area contributed by atoms with Crippen molar-refractivity contribution in [2.45, 2.75) is 44.4 Å². The number of nitrogens with one attached hydrogen (secondary N) is 1. The number of hydrogen-bond acceptors (Lipinski definition) is 3. The van der Waals surface area contributed by atoms with Gasteiger partial charge >= 0.3 is 0 Å². The fraction of sp³-hybridized carbons (Fsp3) is 0.350. The lowest BCUT2D eigenvalue weighted by Gasteiger charge is -2.27. The lowest BCUT2D eigenvalue weighted by atomic mass is 9.98. The van der Waals surface area contributed by atoms with Crippen LogP contribution in [0.25, 0.3) is 0 Å². The van der Waals surface area contributed by atoms with Gasteiger partial charge in [0.2, 0.25) is 5.78 Å². The fourth-order valence-corrected chi connectivity index (χ4v) is 3.13. The Morgan fingerprint density at radius 3 is 2.42 bits per heavy atom. The van der Waals surface area contributed by atoms with Gasteiger partial charge in [0, 0.05) is 11.1 Å². The van der Waals surface area contributed by atoms with Crippen LogP contribution in [-0.2, 0) is 0 Å². The highest BCUT2D eigenvalue weighted by molar-refractivity contribution is 6.00. The van der Waals surface area contributed by atoms with E-state index in [0.717, 1.165) is 12.8 Å². The molecule has 1 saturated heterocycles. The summed E-state index contributed by atoms with van der Waals surface area (Å²) in [5, 5.41) is 3.49. The van der Waals surface area contributed by atoms with Crippen LogP contribution in [0.1, 0.15) is 37.0 Å². The molecular formula is C20H22FNO2. The van der Waals surface area contributed by atoms with Crippen LogP contribution < -0.4 is 10.1 Å². The average molecular weight is 327 g/mol. The van der Waals surface area contributed by atoms with Gasteiger partial charge in [-0.2, -0.15) is 0 Å². The summed E-state index contributed by atoms with van der Waals surface area (Å²) in [5.41, 5.74) is 0.600. The van der Waals surface area contributed by atoms with E-state index in [1.807, 2.05) is 18.2 Å². The largest absolute Gasteiger partial charge is 0.481 e. The first-order valence-corrected chi connectivity index (χ1v) is 8.24. The summed E-state index contributed by atoms with van der Waals surface area (Å²) in [6, 6.07) is 14.9. The topological polar surface area (TPSA) is 38.3 Å². The molecule has 0 spiro atoms. The molecule has 0 saturated carbocycles. The molecule has 1 aliphatic rings. The Bertz CT molecular complexity index is 697. The minimum atomic E-state index is -0.639. The van der Waals surface area contributed by atoms with Crippen LogP contribution in [0.2, 0.25) is 0 Å². The van der Waals surface area contributed by atoms with E-state index < -0.39 is 6.10 Å². The monoisotopic (exact) mass is 327 g/mol. The molecule has 1 fully saturated rings. The van der Waals surface area contributed by atoms with Gasteiger partial charge in [0.05, 0.1) is 6.04 Å². The van der Waals surface area contributed by atoms with Crippen molar-refractivity contribution in [2.75, 3.05) is 0 Å². The van der Waals surface area contributed by atoms with Crippen molar-refractivity contribution in [1.29, 1.82) is 0 Å². The Morgan fingerprint density at radius 1 is 1.17 bits per heavy atom. The number of carbonyl (C=O) groups is 1. The Kier molecular flexibility index (Phi) is 4.67. The molecule has 24 heavy (non-hydrogen) atoms. The van der Waals surface area contributed by atoms with E-state index in [1.165, 1.54) is 12.1 Å². The third-order valence-corrected chi connectivity index (χ3v) is 4.42. The van der Waals surface area contributed by atoms with E-state index in [9.17, 15) is 9.18 Å². The number of halogens is 1. The second-order valence-corrected chi connectivity index (χ2v) is 6.90. The predicted octanol–water partition coefficient (Wildman–Crippen LogP) is 3.99. The van der Waals surface area contributed by atoms with Crippen LogP contribution in [0.5, 0.6) is 5.75 Å². The molecule has 0 radical (unpaired) electrons. The molecule has 4 heteroatoms. The van der Waals surface area contributed by atoms with Crippen LogP contribution in [-0.4, -0.2) is 23.5 Å². The second-order valence-electron chi connectivity index (χ2n) is 6.90. The van der Waals surface area contributed by atoms with Gasteiger partial charge in [-0.1, -0.05) is 30.3 Å². The molecule has 1 N–H and O–H groups in total.